The number of hydrogen-bond donors (Lipinski definition) is 1. The highest BCUT2D eigenvalue weighted by molar-refractivity contribution is 6.33. The summed E-state index contributed by atoms with van der Waals surface area (Å²) in [5.74, 6) is 0. The van der Waals surface area contributed by atoms with E-state index in [-0.39, 0.29) is 6.04 Å². The van der Waals surface area contributed by atoms with Crippen molar-refractivity contribution in [2.45, 2.75) is 25.5 Å². The average molecular weight is 308 g/mol. The van der Waals surface area contributed by atoms with Crippen molar-refractivity contribution in [3.8, 4) is 6.07 Å². The number of nitriles is 1. The number of halogens is 1. The Morgan fingerprint density at radius 2 is 2.33 bits per heavy atom. The number of aliphatic hydroxyl groups is 1. The lowest BCUT2D eigenvalue weighted by Crippen LogP contribution is -2.43. The molecule has 5 nitrogen and oxygen atoms in total. The highest BCUT2D eigenvalue weighted by Crippen LogP contribution is 2.30. The first-order chi connectivity index (χ1) is 9.99. The number of nitrogens with zero attached hydrogens (tertiary/aromatic N) is 3. The average Bonchev–Trinajstić information content (AvgIpc) is 2.79. The maximum Gasteiger partial charge on any atom is 0.214 e. The van der Waals surface area contributed by atoms with E-state index in [2.05, 4.69) is 0 Å². The fourth-order valence-corrected chi connectivity index (χ4v) is 2.92. The zero-order valence-corrected chi connectivity index (χ0v) is 12.8. The van der Waals surface area contributed by atoms with Crippen LogP contribution in [-0.2, 0) is 4.79 Å². The summed E-state index contributed by atoms with van der Waals surface area (Å²) >= 11 is 6.15. The third-order valence-electron chi connectivity index (χ3n) is 4.09. The van der Waals surface area contributed by atoms with Gasteiger partial charge in [0.05, 0.1) is 22.7 Å². The molecule has 1 aliphatic heterocycles. The van der Waals surface area contributed by atoms with Gasteiger partial charge in [-0.1, -0.05) is 11.6 Å². The molecule has 1 aromatic rings. The molecule has 1 aliphatic rings. The van der Waals surface area contributed by atoms with Gasteiger partial charge in [0.15, 0.2) is 0 Å². The van der Waals surface area contributed by atoms with Crippen LogP contribution in [0.2, 0.25) is 5.02 Å². The Bertz CT molecular complexity index is 575. The fraction of sp³-hybridized carbons (Fsp3) is 0.467. The summed E-state index contributed by atoms with van der Waals surface area (Å²) in [6.07, 6.45) is 1.01. The maximum absolute atomic E-state index is 11.4. The third kappa shape index (κ3) is 3.03. The van der Waals surface area contributed by atoms with Crippen LogP contribution in [0.3, 0.4) is 0 Å². The predicted molar refractivity (Wildman–Crippen MR) is 81.4 cm³/mol. The molecular formula is C15H18ClN3O2. The molecule has 0 spiro atoms. The maximum atomic E-state index is 11.4. The van der Waals surface area contributed by atoms with Crippen molar-refractivity contribution in [2.75, 3.05) is 25.0 Å². The SMILES string of the molecule is Cc1c(N(C=O)CC2C(O)CCN2C)ccc(C#N)c1Cl. The number of carbonyl (C=O) groups is 1. The van der Waals surface area contributed by atoms with Gasteiger partial charge in [0.25, 0.3) is 0 Å². The molecule has 0 aromatic heterocycles. The Balaban J connectivity index is 2.28. The smallest absolute Gasteiger partial charge is 0.214 e. The number of carbonyl (C=O) groups excluding carboxylic acids is 1. The van der Waals surface area contributed by atoms with Crippen LogP contribution in [-0.4, -0.2) is 48.7 Å². The van der Waals surface area contributed by atoms with E-state index < -0.39 is 6.10 Å². The van der Waals surface area contributed by atoms with Gasteiger partial charge in [-0.2, -0.15) is 5.26 Å². The minimum Gasteiger partial charge on any atom is -0.391 e. The van der Waals surface area contributed by atoms with Gasteiger partial charge in [0, 0.05) is 18.8 Å². The summed E-state index contributed by atoms with van der Waals surface area (Å²) in [4.78, 5) is 15.0. The van der Waals surface area contributed by atoms with Crippen LogP contribution in [0.5, 0.6) is 0 Å². The summed E-state index contributed by atoms with van der Waals surface area (Å²) in [7, 11) is 1.93. The van der Waals surface area contributed by atoms with Gasteiger partial charge >= 0.3 is 0 Å². The number of hydrogen-bond acceptors (Lipinski definition) is 4. The van der Waals surface area contributed by atoms with Crippen LogP contribution in [0, 0.1) is 18.3 Å². The highest BCUT2D eigenvalue weighted by atomic mass is 35.5. The van der Waals surface area contributed by atoms with Crippen LogP contribution >= 0.6 is 11.6 Å². The molecule has 2 atom stereocenters. The molecule has 0 bridgehead atoms. The largest absolute Gasteiger partial charge is 0.391 e. The number of likely N-dealkylation sites (tertiary alicyclic amines) is 1. The first-order valence-electron chi connectivity index (χ1n) is 6.79. The van der Waals surface area contributed by atoms with Crippen molar-refractivity contribution in [1.29, 1.82) is 5.26 Å². The van der Waals surface area contributed by atoms with E-state index in [1.807, 2.05) is 18.0 Å². The molecular weight excluding hydrogens is 290 g/mol. The van der Waals surface area contributed by atoms with E-state index in [4.69, 9.17) is 16.9 Å². The topological polar surface area (TPSA) is 67.6 Å². The number of benzene rings is 1. The first kappa shape index (κ1) is 15.8. The van der Waals surface area contributed by atoms with Crippen LogP contribution in [0.25, 0.3) is 0 Å². The molecule has 0 saturated carbocycles. The molecule has 0 radical (unpaired) electrons. The van der Waals surface area contributed by atoms with Gasteiger partial charge in [-0.3, -0.25) is 9.69 Å². The van der Waals surface area contributed by atoms with Crippen molar-refractivity contribution in [1.82, 2.24) is 4.90 Å². The minimum atomic E-state index is -0.438. The molecule has 112 valence electrons. The van der Waals surface area contributed by atoms with Crippen LogP contribution in [0.15, 0.2) is 12.1 Å². The van der Waals surface area contributed by atoms with Crippen LogP contribution in [0.4, 0.5) is 5.69 Å². The highest BCUT2D eigenvalue weighted by Gasteiger charge is 2.32. The predicted octanol–water partition coefficient (Wildman–Crippen LogP) is 1.55. The number of anilines is 1. The Morgan fingerprint density at radius 1 is 1.62 bits per heavy atom. The summed E-state index contributed by atoms with van der Waals surface area (Å²) in [5, 5.41) is 19.3. The first-order valence-corrected chi connectivity index (χ1v) is 7.16. The molecule has 2 rings (SSSR count). The molecule has 1 N–H and O–H groups in total. The van der Waals surface area contributed by atoms with Gasteiger partial charge in [-0.15, -0.1) is 0 Å². The normalized spacial score (nSPS) is 22.0. The zero-order valence-electron chi connectivity index (χ0n) is 12.1. The molecule has 21 heavy (non-hydrogen) atoms. The second-order valence-corrected chi connectivity index (χ2v) is 5.72. The summed E-state index contributed by atoms with van der Waals surface area (Å²) in [5.41, 5.74) is 1.75. The summed E-state index contributed by atoms with van der Waals surface area (Å²) in [6.45, 7) is 2.99. The van der Waals surface area contributed by atoms with Gasteiger partial charge in [-0.05, 0) is 38.1 Å². The van der Waals surface area contributed by atoms with E-state index in [0.29, 0.717) is 34.8 Å². The van der Waals surface area contributed by atoms with Crippen molar-refractivity contribution < 1.29 is 9.90 Å². The number of amides is 1. The fourth-order valence-electron chi connectivity index (χ4n) is 2.72. The molecule has 1 fully saturated rings. The third-order valence-corrected chi connectivity index (χ3v) is 4.57. The monoisotopic (exact) mass is 307 g/mol. The van der Waals surface area contributed by atoms with Gasteiger partial charge in [0.2, 0.25) is 6.41 Å². The van der Waals surface area contributed by atoms with Crippen LogP contribution in [0.1, 0.15) is 17.5 Å². The summed E-state index contributed by atoms with van der Waals surface area (Å²) in [6, 6.07) is 5.25. The standard InChI is InChI=1S/C15H18ClN3O2/c1-10-12(4-3-11(7-17)15(10)16)19(9-20)8-13-14(21)5-6-18(13)2/h3-4,9,13-14,21H,5-6,8H2,1-2H3. The number of aliphatic hydroxyl groups excluding tert-OH is 1. The number of likely N-dealkylation sites (N-methyl/N-ethyl adjacent to an activating group) is 1. The minimum absolute atomic E-state index is 0.0935. The van der Waals surface area contributed by atoms with E-state index in [1.54, 1.807) is 19.1 Å². The lowest BCUT2D eigenvalue weighted by Gasteiger charge is -2.29. The quantitative estimate of drug-likeness (QED) is 0.857. The Kier molecular flexibility index (Phi) is 4.84. The van der Waals surface area contributed by atoms with Gasteiger partial charge < -0.3 is 10.0 Å². The zero-order chi connectivity index (χ0) is 15.6. The second kappa shape index (κ2) is 6.44. The van der Waals surface area contributed by atoms with Crippen molar-refractivity contribution in [3.63, 3.8) is 0 Å². The van der Waals surface area contributed by atoms with Gasteiger partial charge in [0.1, 0.15) is 6.07 Å². The molecule has 0 aliphatic carbocycles. The van der Waals surface area contributed by atoms with E-state index in [1.165, 1.54) is 4.90 Å². The lowest BCUT2D eigenvalue weighted by atomic mass is 10.1. The molecule has 1 amide bonds. The molecule has 6 heteroatoms. The van der Waals surface area contributed by atoms with Crippen molar-refractivity contribution in [2.24, 2.45) is 0 Å². The molecule has 2 unspecified atom stereocenters. The van der Waals surface area contributed by atoms with Crippen molar-refractivity contribution >= 4 is 23.7 Å². The van der Waals surface area contributed by atoms with E-state index >= 15 is 0 Å². The number of rotatable bonds is 4. The molecule has 1 aromatic carbocycles. The second-order valence-electron chi connectivity index (χ2n) is 5.34. The van der Waals surface area contributed by atoms with E-state index in [0.717, 1.165) is 13.0 Å². The lowest BCUT2D eigenvalue weighted by molar-refractivity contribution is -0.107. The Labute approximate surface area is 129 Å². The van der Waals surface area contributed by atoms with Gasteiger partial charge in [-0.25, -0.2) is 0 Å². The molecule has 1 heterocycles. The van der Waals surface area contributed by atoms with Crippen molar-refractivity contribution in [3.05, 3.63) is 28.3 Å². The molecule has 1 saturated heterocycles. The Hall–Kier alpha value is -1.61. The van der Waals surface area contributed by atoms with Crippen LogP contribution < -0.4 is 4.90 Å². The Morgan fingerprint density at radius 3 is 2.86 bits per heavy atom. The van der Waals surface area contributed by atoms with E-state index in [9.17, 15) is 9.90 Å². The summed E-state index contributed by atoms with van der Waals surface area (Å²) < 4.78 is 0.